The molecule has 0 saturated carbocycles. The molecular weight excluding hydrogens is 408 g/mol. The topological polar surface area (TPSA) is 42.0 Å². The van der Waals surface area contributed by atoms with Crippen molar-refractivity contribution in [2.75, 3.05) is 46.3 Å². The summed E-state index contributed by atoms with van der Waals surface area (Å²) in [5.74, 6) is 0.785. The Morgan fingerprint density at radius 1 is 1.00 bits per heavy atom. The quantitative estimate of drug-likeness (QED) is 0.565. The first kappa shape index (κ1) is 21.7. The van der Waals surface area contributed by atoms with Gasteiger partial charge in [0, 0.05) is 25.1 Å². The van der Waals surface area contributed by atoms with E-state index in [0.29, 0.717) is 6.54 Å². The Morgan fingerprint density at radius 2 is 1.74 bits per heavy atom. The molecule has 0 unspecified atom stereocenters. The zero-order valence-electron chi connectivity index (χ0n) is 18.4. The highest BCUT2D eigenvalue weighted by Crippen LogP contribution is 2.49. The van der Waals surface area contributed by atoms with E-state index in [2.05, 4.69) is 35.2 Å². The molecule has 1 aliphatic rings. The molecule has 0 fully saturated rings. The Balaban J connectivity index is 1.87. The standard InChI is InChI=1S/C25H28N2O3S/c1-26(2)15-16-27-21-14-11-17-7-5-6-8-20(17)24(21)31-23(22(30-4)25(27)28)18-9-12-19(29-3)13-10-18/h5-14,22-23H,15-16H2,1-4H3/t22-,23+/m1/s1. The van der Waals surface area contributed by atoms with Gasteiger partial charge in [-0.3, -0.25) is 4.79 Å². The molecule has 0 bridgehead atoms. The summed E-state index contributed by atoms with van der Waals surface area (Å²) >= 11 is 1.71. The summed E-state index contributed by atoms with van der Waals surface area (Å²) in [6.45, 7) is 1.37. The zero-order valence-corrected chi connectivity index (χ0v) is 19.2. The number of hydrogen-bond donors (Lipinski definition) is 0. The van der Waals surface area contributed by atoms with Crippen LogP contribution in [0.15, 0.2) is 65.6 Å². The molecule has 2 atom stereocenters. The Hall–Kier alpha value is -2.54. The number of amides is 1. The van der Waals surface area contributed by atoms with Gasteiger partial charge < -0.3 is 19.3 Å². The Bertz CT molecular complexity index is 1070. The van der Waals surface area contributed by atoms with Crippen LogP contribution in [0.5, 0.6) is 5.75 Å². The van der Waals surface area contributed by atoms with Crippen LogP contribution in [0.1, 0.15) is 10.8 Å². The number of benzene rings is 3. The summed E-state index contributed by atoms with van der Waals surface area (Å²) in [6.07, 6.45) is -0.591. The fourth-order valence-corrected chi connectivity index (χ4v) is 5.46. The molecule has 0 saturated heterocycles. The number of ether oxygens (including phenoxy) is 2. The van der Waals surface area contributed by atoms with Gasteiger partial charge in [0.05, 0.1) is 18.0 Å². The van der Waals surface area contributed by atoms with Gasteiger partial charge >= 0.3 is 0 Å². The molecule has 1 heterocycles. The average Bonchev–Trinajstić information content (AvgIpc) is 2.91. The maximum Gasteiger partial charge on any atom is 0.257 e. The maximum absolute atomic E-state index is 13.7. The van der Waals surface area contributed by atoms with Crippen LogP contribution in [0.2, 0.25) is 0 Å². The van der Waals surface area contributed by atoms with E-state index < -0.39 is 6.10 Å². The van der Waals surface area contributed by atoms with Crippen molar-refractivity contribution in [1.82, 2.24) is 4.90 Å². The zero-order chi connectivity index (χ0) is 22.0. The number of nitrogens with zero attached hydrogens (tertiary/aromatic N) is 2. The predicted molar refractivity (Wildman–Crippen MR) is 127 cm³/mol. The smallest absolute Gasteiger partial charge is 0.257 e. The van der Waals surface area contributed by atoms with E-state index >= 15 is 0 Å². The van der Waals surface area contributed by atoms with Crippen molar-refractivity contribution in [3.05, 3.63) is 66.2 Å². The lowest BCUT2D eigenvalue weighted by Gasteiger charge is -2.28. The minimum Gasteiger partial charge on any atom is -0.497 e. The molecule has 1 aliphatic heterocycles. The highest BCUT2D eigenvalue weighted by Gasteiger charge is 2.39. The van der Waals surface area contributed by atoms with Crippen LogP contribution in [0.4, 0.5) is 5.69 Å². The normalized spacial score (nSPS) is 18.9. The lowest BCUT2D eigenvalue weighted by atomic mass is 10.0. The van der Waals surface area contributed by atoms with E-state index in [9.17, 15) is 4.79 Å². The maximum atomic E-state index is 13.7. The average molecular weight is 437 g/mol. The number of likely N-dealkylation sites (N-methyl/N-ethyl adjacent to an activating group) is 1. The number of carbonyl (C=O) groups excluding carboxylic acids is 1. The molecule has 31 heavy (non-hydrogen) atoms. The summed E-state index contributed by atoms with van der Waals surface area (Å²) in [4.78, 5) is 18.8. The van der Waals surface area contributed by atoms with Crippen LogP contribution in [-0.2, 0) is 9.53 Å². The molecule has 0 spiro atoms. The largest absolute Gasteiger partial charge is 0.497 e. The van der Waals surface area contributed by atoms with E-state index in [1.807, 2.05) is 49.3 Å². The molecule has 0 N–H and O–H groups in total. The van der Waals surface area contributed by atoms with E-state index in [1.54, 1.807) is 26.0 Å². The van der Waals surface area contributed by atoms with Crippen molar-refractivity contribution >= 4 is 34.1 Å². The molecule has 3 aromatic rings. The van der Waals surface area contributed by atoms with E-state index in [4.69, 9.17) is 9.47 Å². The second-order valence-electron chi connectivity index (χ2n) is 7.90. The minimum atomic E-state index is -0.591. The molecule has 4 rings (SSSR count). The number of thioether (sulfide) groups is 1. The van der Waals surface area contributed by atoms with Crippen LogP contribution in [-0.4, -0.2) is 58.3 Å². The molecule has 1 amide bonds. The van der Waals surface area contributed by atoms with Gasteiger partial charge in [0.1, 0.15) is 5.75 Å². The third kappa shape index (κ3) is 4.28. The van der Waals surface area contributed by atoms with Crippen LogP contribution in [0, 0.1) is 0 Å². The number of carbonyl (C=O) groups is 1. The Labute approximate surface area is 187 Å². The van der Waals surface area contributed by atoms with Gasteiger partial charge in [0.15, 0.2) is 6.10 Å². The highest BCUT2D eigenvalue weighted by molar-refractivity contribution is 8.00. The van der Waals surface area contributed by atoms with Crippen molar-refractivity contribution in [1.29, 1.82) is 0 Å². The Kier molecular flexibility index (Phi) is 6.51. The van der Waals surface area contributed by atoms with Crippen LogP contribution >= 0.6 is 11.8 Å². The first-order chi connectivity index (χ1) is 15.0. The summed E-state index contributed by atoms with van der Waals surface area (Å²) in [7, 11) is 7.32. The number of methoxy groups -OCH3 is 2. The van der Waals surface area contributed by atoms with Crippen molar-refractivity contribution in [2.45, 2.75) is 16.2 Å². The second-order valence-corrected chi connectivity index (χ2v) is 9.05. The first-order valence-electron chi connectivity index (χ1n) is 10.3. The van der Waals surface area contributed by atoms with Crippen LogP contribution in [0.3, 0.4) is 0 Å². The summed E-state index contributed by atoms with van der Waals surface area (Å²) in [5, 5.41) is 2.15. The number of fused-ring (bicyclic) bond motifs is 3. The molecule has 0 aliphatic carbocycles. The molecular formula is C25H28N2O3S. The third-order valence-corrected chi connectivity index (χ3v) is 7.09. The molecule has 0 radical (unpaired) electrons. The van der Waals surface area contributed by atoms with E-state index in [1.165, 1.54) is 0 Å². The van der Waals surface area contributed by atoms with Gasteiger partial charge in [-0.25, -0.2) is 0 Å². The predicted octanol–water partition coefficient (Wildman–Crippen LogP) is 4.61. The fourth-order valence-electron chi connectivity index (χ4n) is 3.95. The van der Waals surface area contributed by atoms with Crippen LogP contribution in [0.25, 0.3) is 10.8 Å². The van der Waals surface area contributed by atoms with Crippen molar-refractivity contribution in [3.8, 4) is 5.75 Å². The van der Waals surface area contributed by atoms with E-state index in [-0.39, 0.29) is 11.2 Å². The number of rotatable bonds is 6. The van der Waals surface area contributed by atoms with Crippen molar-refractivity contribution < 1.29 is 14.3 Å². The van der Waals surface area contributed by atoms with Gasteiger partial charge in [-0.15, -0.1) is 11.8 Å². The van der Waals surface area contributed by atoms with Gasteiger partial charge in [-0.05, 0) is 48.6 Å². The summed E-state index contributed by atoms with van der Waals surface area (Å²) < 4.78 is 11.2. The molecule has 5 nitrogen and oxygen atoms in total. The van der Waals surface area contributed by atoms with Crippen LogP contribution < -0.4 is 9.64 Å². The molecule has 162 valence electrons. The number of hydrogen-bond acceptors (Lipinski definition) is 5. The Morgan fingerprint density at radius 3 is 2.42 bits per heavy atom. The third-order valence-electron chi connectivity index (χ3n) is 5.65. The molecule has 0 aromatic heterocycles. The summed E-state index contributed by atoms with van der Waals surface area (Å²) in [6, 6.07) is 20.4. The van der Waals surface area contributed by atoms with Gasteiger partial charge in [-0.2, -0.15) is 0 Å². The second kappa shape index (κ2) is 9.30. The fraction of sp³-hybridized carbons (Fsp3) is 0.320. The van der Waals surface area contributed by atoms with Gasteiger partial charge in [-0.1, -0.05) is 42.5 Å². The van der Waals surface area contributed by atoms with Crippen molar-refractivity contribution in [2.24, 2.45) is 0 Å². The lowest BCUT2D eigenvalue weighted by Crippen LogP contribution is -2.44. The van der Waals surface area contributed by atoms with Crippen molar-refractivity contribution in [3.63, 3.8) is 0 Å². The van der Waals surface area contributed by atoms with Gasteiger partial charge in [0.25, 0.3) is 5.91 Å². The SMILES string of the molecule is COc1ccc([C@@H]2Sc3c(ccc4ccccc34)N(CCN(C)C)C(=O)[C@@H]2OC)cc1. The number of anilines is 1. The molecule has 3 aromatic carbocycles. The van der Waals surface area contributed by atoms with E-state index in [0.717, 1.165) is 39.2 Å². The monoisotopic (exact) mass is 436 g/mol. The molecule has 6 heteroatoms. The first-order valence-corrected chi connectivity index (χ1v) is 11.2. The summed E-state index contributed by atoms with van der Waals surface area (Å²) in [5.41, 5.74) is 1.99. The minimum absolute atomic E-state index is 0.00769. The lowest BCUT2D eigenvalue weighted by molar-refractivity contribution is -0.128. The van der Waals surface area contributed by atoms with Gasteiger partial charge in [0.2, 0.25) is 0 Å². The highest BCUT2D eigenvalue weighted by atomic mass is 32.2.